The number of nitrogens with one attached hydrogen (secondary N) is 1. The molecule has 1 heterocycles. The maximum absolute atomic E-state index is 11.9. The molecule has 5 nitrogen and oxygen atoms in total. The summed E-state index contributed by atoms with van der Waals surface area (Å²) in [6.45, 7) is 2.26. The maximum Gasteiger partial charge on any atom is 0.286 e. The lowest BCUT2D eigenvalue weighted by atomic mass is 10.2. The Morgan fingerprint density at radius 3 is 2.59 bits per heavy atom. The molecule has 0 spiro atoms. The normalized spacial score (nSPS) is 11.8. The van der Waals surface area contributed by atoms with Crippen molar-refractivity contribution in [3.63, 3.8) is 0 Å². The molecule has 0 radical (unpaired) electrons. The van der Waals surface area contributed by atoms with Gasteiger partial charge in [-0.1, -0.05) is 29.3 Å². The zero-order valence-electron chi connectivity index (χ0n) is 11.4. The number of hydrazone groups is 1. The Hall–Kier alpha value is -1.28. The Balaban J connectivity index is 2.14. The van der Waals surface area contributed by atoms with Crippen molar-refractivity contribution in [3.8, 4) is 5.75 Å². The molecule has 0 aliphatic heterocycles. The lowest BCUT2D eigenvalue weighted by Crippen LogP contribution is -2.17. The van der Waals surface area contributed by atoms with Crippen LogP contribution < -0.4 is 9.57 Å². The number of halogens is 2. The molecule has 0 aliphatic rings. The van der Waals surface area contributed by atoms with E-state index in [1.165, 1.54) is 12.3 Å². The highest BCUT2D eigenvalue weighted by atomic mass is 35.5. The summed E-state index contributed by atoms with van der Waals surface area (Å²) in [5.41, 5.74) is 0.548. The monoisotopic (exact) mass is 378 g/mol. The van der Waals surface area contributed by atoms with Crippen molar-refractivity contribution in [3.05, 3.63) is 45.3 Å². The molecule has 2 rings (SSSR count). The van der Waals surface area contributed by atoms with Crippen LogP contribution in [0.4, 0.5) is 0 Å². The smallest absolute Gasteiger partial charge is 0.286 e. The van der Waals surface area contributed by atoms with Gasteiger partial charge >= 0.3 is 0 Å². The second-order valence-corrected chi connectivity index (χ2v) is 7.68. The summed E-state index contributed by atoms with van der Waals surface area (Å²) in [6.07, 6.45) is 1.32. The van der Waals surface area contributed by atoms with E-state index < -0.39 is 10.0 Å². The molecule has 0 amide bonds. The van der Waals surface area contributed by atoms with Gasteiger partial charge in [-0.2, -0.15) is 18.4 Å². The predicted octanol–water partition coefficient (Wildman–Crippen LogP) is 3.77. The minimum atomic E-state index is -3.64. The van der Waals surface area contributed by atoms with E-state index in [-0.39, 0.29) is 4.21 Å². The molecule has 0 fully saturated rings. The van der Waals surface area contributed by atoms with Gasteiger partial charge in [0.1, 0.15) is 4.21 Å². The van der Waals surface area contributed by atoms with Gasteiger partial charge in [-0.25, -0.2) is 0 Å². The topological polar surface area (TPSA) is 67.8 Å². The van der Waals surface area contributed by atoms with Gasteiger partial charge in [0.2, 0.25) is 0 Å². The van der Waals surface area contributed by atoms with Crippen molar-refractivity contribution >= 4 is 50.8 Å². The van der Waals surface area contributed by atoms with E-state index in [4.69, 9.17) is 27.9 Å². The molecule has 22 heavy (non-hydrogen) atoms. The first-order valence-corrected chi connectivity index (χ1v) is 9.26. The second kappa shape index (κ2) is 7.32. The molecule has 0 atom stereocenters. The highest BCUT2D eigenvalue weighted by Gasteiger charge is 2.13. The molecular formula is C13H12Cl2N2O3S2. The van der Waals surface area contributed by atoms with Crippen molar-refractivity contribution in [1.29, 1.82) is 0 Å². The first-order valence-electron chi connectivity index (χ1n) is 6.14. The number of benzene rings is 1. The number of hydrogen-bond acceptors (Lipinski definition) is 5. The number of thiophene rings is 1. The lowest BCUT2D eigenvalue weighted by molar-refractivity contribution is 0.340. The Morgan fingerprint density at radius 1 is 1.36 bits per heavy atom. The third kappa shape index (κ3) is 4.13. The molecule has 0 saturated heterocycles. The van der Waals surface area contributed by atoms with Crippen molar-refractivity contribution in [1.82, 2.24) is 4.83 Å². The van der Waals surface area contributed by atoms with Crippen LogP contribution in [0.15, 0.2) is 39.0 Å². The second-order valence-electron chi connectivity index (χ2n) is 4.03. The number of nitrogens with zero attached hydrogens (tertiary/aromatic N) is 1. The van der Waals surface area contributed by atoms with Gasteiger partial charge in [0.15, 0.2) is 5.75 Å². The summed E-state index contributed by atoms with van der Waals surface area (Å²) >= 11 is 13.2. The number of sulfonamides is 1. The minimum Gasteiger partial charge on any atom is -0.491 e. The van der Waals surface area contributed by atoms with E-state index in [1.807, 2.05) is 6.92 Å². The van der Waals surface area contributed by atoms with Crippen LogP contribution in [0.25, 0.3) is 0 Å². The number of ether oxygens (including phenoxy) is 1. The molecule has 9 heteroatoms. The van der Waals surface area contributed by atoms with Crippen LogP contribution in [0.1, 0.15) is 12.5 Å². The minimum absolute atomic E-state index is 0.187. The first-order chi connectivity index (χ1) is 10.4. The summed E-state index contributed by atoms with van der Waals surface area (Å²) in [6, 6.07) is 6.31. The van der Waals surface area contributed by atoms with Crippen LogP contribution in [0.5, 0.6) is 5.75 Å². The van der Waals surface area contributed by atoms with E-state index in [9.17, 15) is 8.42 Å². The molecule has 0 saturated carbocycles. The molecule has 0 unspecified atom stereocenters. The largest absolute Gasteiger partial charge is 0.491 e. The highest BCUT2D eigenvalue weighted by Crippen LogP contribution is 2.33. The SMILES string of the molecule is CCOc1c(Cl)cc(/C=N/NS(=O)(=O)c2cccs2)cc1Cl. The van der Waals surface area contributed by atoms with E-state index >= 15 is 0 Å². The van der Waals surface area contributed by atoms with E-state index in [0.717, 1.165) is 11.3 Å². The Bertz CT molecular complexity index is 752. The van der Waals surface area contributed by atoms with Crippen LogP contribution in [0, 0.1) is 0 Å². The molecule has 118 valence electrons. The molecule has 0 aliphatic carbocycles. The van der Waals surface area contributed by atoms with E-state index in [1.54, 1.807) is 23.6 Å². The summed E-state index contributed by atoms with van der Waals surface area (Å²) in [7, 11) is -3.64. The van der Waals surface area contributed by atoms with E-state index in [0.29, 0.717) is 28.0 Å². The average molecular weight is 379 g/mol. The van der Waals surface area contributed by atoms with Crippen molar-refractivity contribution in [2.24, 2.45) is 5.10 Å². The van der Waals surface area contributed by atoms with Crippen LogP contribution in [-0.2, 0) is 10.0 Å². The van der Waals surface area contributed by atoms with Gasteiger partial charge in [0, 0.05) is 0 Å². The third-order valence-electron chi connectivity index (χ3n) is 2.46. The summed E-state index contributed by atoms with van der Waals surface area (Å²) in [4.78, 5) is 2.12. The summed E-state index contributed by atoms with van der Waals surface area (Å²) in [5.74, 6) is 0.391. The highest BCUT2D eigenvalue weighted by molar-refractivity contribution is 7.91. The van der Waals surface area contributed by atoms with Gasteiger partial charge in [-0.05, 0) is 36.1 Å². The van der Waals surface area contributed by atoms with Gasteiger partial charge in [0.25, 0.3) is 10.0 Å². The average Bonchev–Trinajstić information content (AvgIpc) is 2.97. The molecule has 1 aromatic heterocycles. The zero-order valence-corrected chi connectivity index (χ0v) is 14.6. The Labute approximate surface area is 142 Å². The maximum atomic E-state index is 11.9. The molecule has 2 aromatic rings. The Morgan fingerprint density at radius 2 is 2.05 bits per heavy atom. The number of hydrogen-bond donors (Lipinski definition) is 1. The predicted molar refractivity (Wildman–Crippen MR) is 89.9 cm³/mol. The van der Waals surface area contributed by atoms with Crippen molar-refractivity contribution < 1.29 is 13.2 Å². The summed E-state index contributed by atoms with van der Waals surface area (Å²) < 4.78 is 29.2. The molecule has 1 N–H and O–H groups in total. The van der Waals surface area contributed by atoms with Crippen LogP contribution in [0.3, 0.4) is 0 Å². The van der Waals surface area contributed by atoms with Crippen LogP contribution >= 0.6 is 34.5 Å². The van der Waals surface area contributed by atoms with Gasteiger partial charge < -0.3 is 4.74 Å². The lowest BCUT2D eigenvalue weighted by Gasteiger charge is -2.08. The van der Waals surface area contributed by atoms with Crippen LogP contribution in [0.2, 0.25) is 10.0 Å². The fourth-order valence-corrected chi connectivity index (χ4v) is 3.95. The van der Waals surface area contributed by atoms with Gasteiger partial charge in [-0.3, -0.25) is 0 Å². The van der Waals surface area contributed by atoms with Crippen molar-refractivity contribution in [2.75, 3.05) is 6.61 Å². The van der Waals surface area contributed by atoms with Gasteiger partial charge in [-0.15, -0.1) is 11.3 Å². The van der Waals surface area contributed by atoms with Crippen molar-refractivity contribution in [2.45, 2.75) is 11.1 Å². The Kier molecular flexibility index (Phi) is 5.69. The fourth-order valence-electron chi connectivity index (χ4n) is 1.57. The third-order valence-corrected chi connectivity index (χ3v) is 5.64. The quantitative estimate of drug-likeness (QED) is 0.614. The number of rotatable bonds is 6. The fraction of sp³-hybridized carbons (Fsp3) is 0.154. The molecular weight excluding hydrogens is 367 g/mol. The summed E-state index contributed by atoms with van der Waals surface area (Å²) in [5, 5.41) is 6.04. The van der Waals surface area contributed by atoms with Gasteiger partial charge in [0.05, 0.1) is 22.9 Å². The zero-order chi connectivity index (χ0) is 16.2. The van der Waals surface area contributed by atoms with Crippen LogP contribution in [-0.4, -0.2) is 21.2 Å². The first kappa shape index (κ1) is 17.1. The van der Waals surface area contributed by atoms with E-state index in [2.05, 4.69) is 9.93 Å². The molecule has 0 bridgehead atoms. The molecule has 1 aromatic carbocycles. The standard InChI is InChI=1S/C13H12Cl2N2O3S2/c1-2-20-13-10(14)6-9(7-11(13)15)8-16-17-22(18,19)12-4-3-5-21-12/h3-8,17H,2H2,1H3/b16-8+.